The van der Waals surface area contributed by atoms with Gasteiger partial charge in [0.05, 0.1) is 18.1 Å². The van der Waals surface area contributed by atoms with Crippen LogP contribution in [0.5, 0.6) is 0 Å². The molecule has 0 radical (unpaired) electrons. The highest BCUT2D eigenvalue weighted by Gasteiger charge is 2.34. The first-order valence-electron chi connectivity index (χ1n) is 8.06. The Bertz CT molecular complexity index is 624. The summed E-state index contributed by atoms with van der Waals surface area (Å²) in [6.07, 6.45) is 2.39. The zero-order chi connectivity index (χ0) is 16.9. The molecule has 1 aromatic carbocycles. The van der Waals surface area contributed by atoms with E-state index in [0.717, 1.165) is 18.4 Å². The second-order valence-corrected chi connectivity index (χ2v) is 8.27. The summed E-state index contributed by atoms with van der Waals surface area (Å²) in [5, 5.41) is 0. The summed E-state index contributed by atoms with van der Waals surface area (Å²) in [5.41, 5.74) is 1.61. The van der Waals surface area contributed by atoms with Crippen molar-refractivity contribution in [2.24, 2.45) is 0 Å². The molecule has 1 aliphatic rings. The summed E-state index contributed by atoms with van der Waals surface area (Å²) in [7, 11) is -1.37. The number of hydrogen-bond donors (Lipinski definition) is 0. The molecule has 2 rings (SSSR count). The van der Waals surface area contributed by atoms with E-state index in [0.29, 0.717) is 25.1 Å². The number of hydrogen-bond acceptors (Lipinski definition) is 4. The predicted molar refractivity (Wildman–Crippen MR) is 90.2 cm³/mol. The minimum atomic E-state index is -3.01. The van der Waals surface area contributed by atoms with Crippen LogP contribution < -0.4 is 0 Å². The Labute approximate surface area is 138 Å². The van der Waals surface area contributed by atoms with Crippen molar-refractivity contribution in [3.8, 4) is 0 Å². The van der Waals surface area contributed by atoms with Gasteiger partial charge in [0, 0.05) is 25.3 Å². The zero-order valence-corrected chi connectivity index (χ0v) is 14.6. The van der Waals surface area contributed by atoms with E-state index in [1.807, 2.05) is 12.1 Å². The first-order valence-corrected chi connectivity index (χ1v) is 9.88. The van der Waals surface area contributed by atoms with Gasteiger partial charge >= 0.3 is 0 Å². The molecule has 6 heteroatoms. The maximum Gasteiger partial charge on any atom is 0.254 e. The van der Waals surface area contributed by atoms with E-state index in [1.165, 1.54) is 0 Å². The summed E-state index contributed by atoms with van der Waals surface area (Å²) in [4.78, 5) is 14.6. The van der Waals surface area contributed by atoms with Crippen LogP contribution in [0.1, 0.15) is 42.1 Å². The van der Waals surface area contributed by atoms with Gasteiger partial charge in [-0.25, -0.2) is 8.42 Å². The highest BCUT2D eigenvalue weighted by atomic mass is 32.2. The molecule has 0 spiro atoms. The van der Waals surface area contributed by atoms with Crippen molar-refractivity contribution in [2.75, 3.05) is 25.2 Å². The number of methoxy groups -OCH3 is 1. The fourth-order valence-electron chi connectivity index (χ4n) is 2.88. The SMILES string of the molecule is CCCCN(C(=O)c1ccc(COC)cc1)C1CCS(=O)(=O)C1. The Kier molecular flexibility index (Phi) is 6.18. The van der Waals surface area contributed by atoms with Crippen molar-refractivity contribution in [3.63, 3.8) is 0 Å². The molecular weight excluding hydrogens is 314 g/mol. The molecule has 0 bridgehead atoms. The van der Waals surface area contributed by atoms with Gasteiger partial charge in [-0.2, -0.15) is 0 Å². The van der Waals surface area contributed by atoms with E-state index in [2.05, 4.69) is 6.92 Å². The van der Waals surface area contributed by atoms with E-state index < -0.39 is 9.84 Å². The third kappa shape index (κ3) is 4.78. The molecule has 1 unspecified atom stereocenters. The number of benzene rings is 1. The van der Waals surface area contributed by atoms with Gasteiger partial charge in [0.15, 0.2) is 9.84 Å². The highest BCUT2D eigenvalue weighted by Crippen LogP contribution is 2.21. The summed E-state index contributed by atoms with van der Waals surface area (Å²) >= 11 is 0. The molecule has 0 N–H and O–H groups in total. The lowest BCUT2D eigenvalue weighted by atomic mass is 10.1. The average Bonchev–Trinajstić information content (AvgIpc) is 2.88. The largest absolute Gasteiger partial charge is 0.380 e. The summed E-state index contributed by atoms with van der Waals surface area (Å²) in [6.45, 7) is 3.18. The topological polar surface area (TPSA) is 63.7 Å². The monoisotopic (exact) mass is 339 g/mol. The predicted octanol–water partition coefficient (Wildman–Crippen LogP) is 2.26. The van der Waals surface area contributed by atoms with Gasteiger partial charge in [-0.3, -0.25) is 4.79 Å². The Morgan fingerprint density at radius 1 is 1.30 bits per heavy atom. The first-order chi connectivity index (χ1) is 11.0. The number of carbonyl (C=O) groups is 1. The van der Waals surface area contributed by atoms with E-state index in [-0.39, 0.29) is 23.5 Å². The van der Waals surface area contributed by atoms with Gasteiger partial charge in [0.1, 0.15) is 0 Å². The smallest absolute Gasteiger partial charge is 0.254 e. The van der Waals surface area contributed by atoms with Crippen LogP contribution in [0.15, 0.2) is 24.3 Å². The van der Waals surface area contributed by atoms with Gasteiger partial charge in [-0.1, -0.05) is 25.5 Å². The van der Waals surface area contributed by atoms with Gasteiger partial charge in [-0.05, 0) is 30.5 Å². The lowest BCUT2D eigenvalue weighted by Crippen LogP contribution is -2.41. The van der Waals surface area contributed by atoms with Crippen LogP contribution in [0.4, 0.5) is 0 Å². The molecule has 1 amide bonds. The van der Waals surface area contributed by atoms with Crippen LogP contribution in [-0.4, -0.2) is 50.4 Å². The summed E-state index contributed by atoms with van der Waals surface area (Å²) in [6, 6.07) is 7.14. The lowest BCUT2D eigenvalue weighted by molar-refractivity contribution is 0.0694. The van der Waals surface area contributed by atoms with E-state index in [1.54, 1.807) is 24.1 Å². The minimum absolute atomic E-state index is 0.0792. The number of nitrogens with zero attached hydrogens (tertiary/aromatic N) is 1. The number of carbonyl (C=O) groups excluding carboxylic acids is 1. The lowest BCUT2D eigenvalue weighted by Gasteiger charge is -2.28. The number of amides is 1. The maximum absolute atomic E-state index is 12.8. The van der Waals surface area contributed by atoms with Crippen LogP contribution in [0.25, 0.3) is 0 Å². The van der Waals surface area contributed by atoms with Gasteiger partial charge in [0.2, 0.25) is 0 Å². The van der Waals surface area contributed by atoms with Gasteiger partial charge in [-0.15, -0.1) is 0 Å². The Balaban J connectivity index is 2.15. The fourth-order valence-corrected chi connectivity index (χ4v) is 4.61. The molecule has 1 fully saturated rings. The Morgan fingerprint density at radius 2 is 2.00 bits per heavy atom. The van der Waals surface area contributed by atoms with Crippen LogP contribution in [0.3, 0.4) is 0 Å². The molecule has 1 atom stereocenters. The molecule has 128 valence electrons. The normalized spacial score (nSPS) is 19.7. The van der Waals surface area contributed by atoms with E-state index in [4.69, 9.17) is 4.74 Å². The van der Waals surface area contributed by atoms with Gasteiger partial charge < -0.3 is 9.64 Å². The zero-order valence-electron chi connectivity index (χ0n) is 13.8. The summed E-state index contributed by atoms with van der Waals surface area (Å²) in [5.74, 6) is 0.189. The molecular formula is C17H25NO4S. The van der Waals surface area contributed by atoms with Crippen molar-refractivity contribution >= 4 is 15.7 Å². The maximum atomic E-state index is 12.8. The van der Waals surface area contributed by atoms with Crippen LogP contribution in [0.2, 0.25) is 0 Å². The molecule has 5 nitrogen and oxygen atoms in total. The second-order valence-electron chi connectivity index (χ2n) is 6.04. The van der Waals surface area contributed by atoms with E-state index >= 15 is 0 Å². The molecule has 0 aromatic heterocycles. The standard InChI is InChI=1S/C17H25NO4S/c1-3-4-10-18(16-9-11-23(20,21)13-16)17(19)15-7-5-14(6-8-15)12-22-2/h5-8,16H,3-4,9-13H2,1-2H3. The van der Waals surface area contributed by atoms with Crippen molar-refractivity contribution in [1.29, 1.82) is 0 Å². The Morgan fingerprint density at radius 3 is 2.52 bits per heavy atom. The molecule has 1 aromatic rings. The van der Waals surface area contributed by atoms with Crippen LogP contribution >= 0.6 is 0 Å². The third-order valence-corrected chi connectivity index (χ3v) is 5.92. The van der Waals surface area contributed by atoms with Crippen molar-refractivity contribution in [2.45, 2.75) is 38.8 Å². The highest BCUT2D eigenvalue weighted by molar-refractivity contribution is 7.91. The van der Waals surface area contributed by atoms with Crippen LogP contribution in [-0.2, 0) is 21.2 Å². The van der Waals surface area contributed by atoms with Gasteiger partial charge in [0.25, 0.3) is 5.91 Å². The molecule has 23 heavy (non-hydrogen) atoms. The number of rotatable bonds is 7. The fraction of sp³-hybridized carbons (Fsp3) is 0.588. The van der Waals surface area contributed by atoms with E-state index in [9.17, 15) is 13.2 Å². The number of sulfone groups is 1. The quantitative estimate of drug-likeness (QED) is 0.764. The first kappa shape index (κ1) is 17.9. The third-order valence-electron chi connectivity index (χ3n) is 4.17. The minimum Gasteiger partial charge on any atom is -0.380 e. The summed E-state index contributed by atoms with van der Waals surface area (Å²) < 4.78 is 28.6. The van der Waals surface area contributed by atoms with Crippen LogP contribution in [0, 0.1) is 0 Å². The van der Waals surface area contributed by atoms with Crippen molar-refractivity contribution in [3.05, 3.63) is 35.4 Å². The second kappa shape index (κ2) is 7.93. The van der Waals surface area contributed by atoms with Crippen molar-refractivity contribution < 1.29 is 17.9 Å². The number of unbranched alkanes of at least 4 members (excludes halogenated alkanes) is 1. The molecule has 1 aliphatic heterocycles. The van der Waals surface area contributed by atoms with Crippen molar-refractivity contribution in [1.82, 2.24) is 4.90 Å². The average molecular weight is 339 g/mol. The molecule has 0 saturated carbocycles. The molecule has 1 saturated heterocycles. The molecule has 1 heterocycles. The Hall–Kier alpha value is -1.40. The number of ether oxygens (including phenoxy) is 1. The molecule has 0 aliphatic carbocycles.